The summed E-state index contributed by atoms with van der Waals surface area (Å²) in [4.78, 5) is 3.04. The number of benzene rings is 1. The molecule has 2 aromatic rings. The standard InChI is InChI=1S/C10H12N2O.ClH/c11-5-4-7-6-12-10-8(7)2-1-3-9(10)13;/h1-3,6,12-13H,4-5,11H2;1H. The summed E-state index contributed by atoms with van der Waals surface area (Å²) in [5.41, 5.74) is 7.43. The van der Waals surface area contributed by atoms with E-state index >= 15 is 0 Å². The van der Waals surface area contributed by atoms with Crippen molar-refractivity contribution in [3.05, 3.63) is 30.0 Å². The van der Waals surface area contributed by atoms with Crippen LogP contribution >= 0.6 is 12.4 Å². The Morgan fingerprint density at radius 2 is 2.14 bits per heavy atom. The first-order chi connectivity index (χ1) is 6.33. The number of aromatic hydroxyl groups is 1. The molecule has 0 aliphatic heterocycles. The van der Waals surface area contributed by atoms with E-state index in [1.54, 1.807) is 6.07 Å². The zero-order chi connectivity index (χ0) is 9.26. The number of phenolic OH excluding ortho intramolecular Hbond substituents is 1. The van der Waals surface area contributed by atoms with Crippen LogP contribution in [0.25, 0.3) is 10.9 Å². The van der Waals surface area contributed by atoms with Crippen molar-refractivity contribution in [2.24, 2.45) is 5.73 Å². The lowest BCUT2D eigenvalue weighted by Crippen LogP contribution is -2.01. The minimum Gasteiger partial charge on any atom is -0.506 e. The third kappa shape index (κ3) is 1.69. The minimum absolute atomic E-state index is 0. The van der Waals surface area contributed by atoms with Crippen LogP contribution in [-0.4, -0.2) is 16.6 Å². The van der Waals surface area contributed by atoms with Crippen LogP contribution < -0.4 is 5.73 Å². The van der Waals surface area contributed by atoms with Crippen molar-refractivity contribution in [1.29, 1.82) is 0 Å². The van der Waals surface area contributed by atoms with Gasteiger partial charge in [0, 0.05) is 11.6 Å². The summed E-state index contributed by atoms with van der Waals surface area (Å²) in [7, 11) is 0. The quantitative estimate of drug-likeness (QED) is 0.711. The van der Waals surface area contributed by atoms with Crippen molar-refractivity contribution in [1.82, 2.24) is 4.98 Å². The second kappa shape index (κ2) is 4.35. The first-order valence-electron chi connectivity index (χ1n) is 4.31. The van der Waals surface area contributed by atoms with Crippen LogP contribution in [0, 0.1) is 0 Å². The van der Waals surface area contributed by atoms with Gasteiger partial charge in [-0.05, 0) is 24.6 Å². The fraction of sp³-hybridized carbons (Fsp3) is 0.200. The molecule has 1 heterocycles. The van der Waals surface area contributed by atoms with Gasteiger partial charge in [0.05, 0.1) is 5.52 Å². The second-order valence-corrected chi connectivity index (χ2v) is 3.05. The smallest absolute Gasteiger partial charge is 0.139 e. The Morgan fingerprint density at radius 1 is 1.36 bits per heavy atom. The molecule has 4 heteroatoms. The molecular weight excluding hydrogens is 200 g/mol. The topological polar surface area (TPSA) is 62.0 Å². The Morgan fingerprint density at radius 3 is 2.86 bits per heavy atom. The number of nitrogens with one attached hydrogen (secondary N) is 1. The summed E-state index contributed by atoms with van der Waals surface area (Å²) in [6.45, 7) is 0.628. The summed E-state index contributed by atoms with van der Waals surface area (Å²) in [5, 5.41) is 10.6. The minimum atomic E-state index is 0. The van der Waals surface area contributed by atoms with Gasteiger partial charge in [0.1, 0.15) is 5.75 Å². The summed E-state index contributed by atoms with van der Waals surface area (Å²) < 4.78 is 0. The fourth-order valence-corrected chi connectivity index (χ4v) is 1.56. The number of fused-ring (bicyclic) bond motifs is 1. The van der Waals surface area contributed by atoms with E-state index in [0.717, 1.165) is 22.9 Å². The molecule has 0 bridgehead atoms. The number of phenols is 1. The van der Waals surface area contributed by atoms with E-state index in [0.29, 0.717) is 12.3 Å². The van der Waals surface area contributed by atoms with Crippen molar-refractivity contribution in [2.45, 2.75) is 6.42 Å². The maximum Gasteiger partial charge on any atom is 0.139 e. The van der Waals surface area contributed by atoms with E-state index in [1.165, 1.54) is 0 Å². The first kappa shape index (κ1) is 10.9. The van der Waals surface area contributed by atoms with Gasteiger partial charge in [-0.1, -0.05) is 12.1 Å². The van der Waals surface area contributed by atoms with Crippen LogP contribution in [0.1, 0.15) is 5.56 Å². The van der Waals surface area contributed by atoms with Crippen LogP contribution in [0.4, 0.5) is 0 Å². The molecule has 0 aliphatic carbocycles. The van der Waals surface area contributed by atoms with E-state index in [-0.39, 0.29) is 12.4 Å². The van der Waals surface area contributed by atoms with Crippen LogP contribution in [0.15, 0.2) is 24.4 Å². The van der Waals surface area contributed by atoms with Crippen LogP contribution in [0.3, 0.4) is 0 Å². The summed E-state index contributed by atoms with van der Waals surface area (Å²) in [6.07, 6.45) is 2.74. The Labute approximate surface area is 88.3 Å². The molecule has 0 saturated heterocycles. The number of nitrogens with two attached hydrogens (primary N) is 1. The number of aromatic nitrogens is 1. The molecule has 0 fully saturated rings. The van der Waals surface area contributed by atoms with E-state index in [9.17, 15) is 5.11 Å². The molecule has 1 aromatic heterocycles. The van der Waals surface area contributed by atoms with Crippen molar-refractivity contribution < 1.29 is 5.11 Å². The molecule has 14 heavy (non-hydrogen) atoms. The zero-order valence-electron chi connectivity index (χ0n) is 7.66. The van der Waals surface area contributed by atoms with Crippen molar-refractivity contribution in [3.63, 3.8) is 0 Å². The van der Waals surface area contributed by atoms with Gasteiger partial charge in [-0.2, -0.15) is 0 Å². The van der Waals surface area contributed by atoms with Crippen LogP contribution in [0.5, 0.6) is 5.75 Å². The van der Waals surface area contributed by atoms with Gasteiger partial charge in [0.2, 0.25) is 0 Å². The third-order valence-corrected chi connectivity index (χ3v) is 2.19. The van der Waals surface area contributed by atoms with Crippen molar-refractivity contribution in [2.75, 3.05) is 6.54 Å². The lowest BCUT2D eigenvalue weighted by molar-refractivity contribution is 0.480. The van der Waals surface area contributed by atoms with Gasteiger partial charge < -0.3 is 15.8 Å². The molecule has 0 spiro atoms. The lowest BCUT2D eigenvalue weighted by Gasteiger charge is -1.96. The number of rotatable bonds is 2. The van der Waals surface area contributed by atoms with Gasteiger partial charge in [-0.3, -0.25) is 0 Å². The summed E-state index contributed by atoms with van der Waals surface area (Å²) >= 11 is 0. The number of halogens is 1. The monoisotopic (exact) mass is 212 g/mol. The molecule has 3 nitrogen and oxygen atoms in total. The summed E-state index contributed by atoms with van der Waals surface area (Å²) in [5.74, 6) is 0.292. The van der Waals surface area contributed by atoms with Crippen LogP contribution in [0.2, 0.25) is 0 Å². The highest BCUT2D eigenvalue weighted by Crippen LogP contribution is 2.25. The second-order valence-electron chi connectivity index (χ2n) is 3.05. The maximum atomic E-state index is 9.49. The molecule has 2 rings (SSSR count). The van der Waals surface area contributed by atoms with Gasteiger partial charge in [-0.25, -0.2) is 0 Å². The molecule has 0 aliphatic rings. The molecule has 1 aromatic carbocycles. The normalized spacial score (nSPS) is 10.1. The highest BCUT2D eigenvalue weighted by atomic mass is 35.5. The molecule has 0 unspecified atom stereocenters. The molecular formula is C10H13ClN2O. The number of hydrogen-bond acceptors (Lipinski definition) is 2. The van der Waals surface area contributed by atoms with Gasteiger partial charge in [-0.15, -0.1) is 12.4 Å². The largest absolute Gasteiger partial charge is 0.506 e. The van der Waals surface area contributed by atoms with E-state index < -0.39 is 0 Å². The molecule has 0 radical (unpaired) electrons. The predicted molar refractivity (Wildman–Crippen MR) is 60.0 cm³/mol. The third-order valence-electron chi connectivity index (χ3n) is 2.19. The number of H-pyrrole nitrogens is 1. The molecule has 76 valence electrons. The Bertz CT molecular complexity index is 425. The maximum absolute atomic E-state index is 9.49. The zero-order valence-corrected chi connectivity index (χ0v) is 8.47. The van der Waals surface area contributed by atoms with Crippen molar-refractivity contribution in [3.8, 4) is 5.75 Å². The predicted octanol–water partition coefficient (Wildman–Crippen LogP) is 1.80. The lowest BCUT2D eigenvalue weighted by atomic mass is 10.1. The van der Waals surface area contributed by atoms with Gasteiger partial charge in [0.25, 0.3) is 0 Å². The van der Waals surface area contributed by atoms with Crippen molar-refractivity contribution >= 4 is 23.3 Å². The highest BCUT2D eigenvalue weighted by molar-refractivity contribution is 5.88. The average molecular weight is 213 g/mol. The van der Waals surface area contributed by atoms with Gasteiger partial charge >= 0.3 is 0 Å². The molecule has 4 N–H and O–H groups in total. The van der Waals surface area contributed by atoms with Gasteiger partial charge in [0.15, 0.2) is 0 Å². The van der Waals surface area contributed by atoms with E-state index in [4.69, 9.17) is 5.73 Å². The molecule has 0 atom stereocenters. The average Bonchev–Trinajstić information content (AvgIpc) is 2.51. The first-order valence-corrected chi connectivity index (χ1v) is 4.31. The SMILES string of the molecule is Cl.NCCc1c[nH]c2c(O)cccc12. The Kier molecular flexibility index (Phi) is 3.38. The van der Waals surface area contributed by atoms with E-state index in [1.807, 2.05) is 18.3 Å². The molecule has 0 amide bonds. The van der Waals surface area contributed by atoms with Crippen LogP contribution in [-0.2, 0) is 6.42 Å². The fourth-order valence-electron chi connectivity index (χ4n) is 1.56. The Hall–Kier alpha value is -1.19. The summed E-state index contributed by atoms with van der Waals surface area (Å²) in [6, 6.07) is 5.49. The Balaban J connectivity index is 0.000000980. The van der Waals surface area contributed by atoms with E-state index in [2.05, 4.69) is 4.98 Å². The highest BCUT2D eigenvalue weighted by Gasteiger charge is 2.04. The number of hydrogen-bond donors (Lipinski definition) is 3. The number of aromatic amines is 1. The molecule has 0 saturated carbocycles. The number of para-hydroxylation sites is 1.